The van der Waals surface area contributed by atoms with Gasteiger partial charge in [0, 0.05) is 17.7 Å². The summed E-state index contributed by atoms with van der Waals surface area (Å²) in [6.45, 7) is 0.399. The number of hydrogen-bond donors (Lipinski definition) is 0. The lowest BCUT2D eigenvalue weighted by Gasteiger charge is -2.07. The average molecular weight is 305 g/mol. The third-order valence-electron chi connectivity index (χ3n) is 3.45. The Morgan fingerprint density at radius 1 is 1.17 bits per heavy atom. The standard InChI is InChI=1S/C16H11N5O2/c17-9-13-3-1-2-4-14(13)11-20-16(10-18-19-20)12-5-7-15(8-6-12)21(22)23/h1-8,10H,11H2. The molecule has 0 unspecified atom stereocenters. The molecule has 3 rings (SSSR count). The lowest BCUT2D eigenvalue weighted by molar-refractivity contribution is -0.384. The van der Waals surface area contributed by atoms with E-state index in [1.807, 2.05) is 12.1 Å². The first-order valence-electron chi connectivity index (χ1n) is 6.80. The van der Waals surface area contributed by atoms with Crippen molar-refractivity contribution in [1.82, 2.24) is 15.0 Å². The summed E-state index contributed by atoms with van der Waals surface area (Å²) in [6.07, 6.45) is 1.59. The Kier molecular flexibility index (Phi) is 3.80. The number of non-ortho nitro benzene ring substituents is 1. The minimum Gasteiger partial charge on any atom is -0.258 e. The maximum absolute atomic E-state index is 10.7. The molecule has 1 heterocycles. The van der Waals surface area contributed by atoms with Gasteiger partial charge in [-0.25, -0.2) is 4.68 Å². The van der Waals surface area contributed by atoms with Crippen molar-refractivity contribution in [2.24, 2.45) is 0 Å². The first kappa shape index (κ1) is 14.4. The summed E-state index contributed by atoms with van der Waals surface area (Å²) >= 11 is 0. The van der Waals surface area contributed by atoms with Gasteiger partial charge in [-0.2, -0.15) is 5.26 Å². The molecule has 112 valence electrons. The van der Waals surface area contributed by atoms with E-state index in [4.69, 9.17) is 5.26 Å². The van der Waals surface area contributed by atoms with Crippen molar-refractivity contribution in [3.63, 3.8) is 0 Å². The van der Waals surface area contributed by atoms with Crippen LogP contribution in [0.25, 0.3) is 11.3 Å². The molecular formula is C16H11N5O2. The van der Waals surface area contributed by atoms with E-state index in [1.165, 1.54) is 12.1 Å². The van der Waals surface area contributed by atoms with Crippen LogP contribution in [0.5, 0.6) is 0 Å². The molecule has 1 aromatic heterocycles. The molecule has 0 bridgehead atoms. The zero-order chi connectivity index (χ0) is 16.2. The first-order valence-corrected chi connectivity index (χ1v) is 6.80. The van der Waals surface area contributed by atoms with Gasteiger partial charge in [0.25, 0.3) is 5.69 Å². The first-order chi connectivity index (χ1) is 11.2. The fourth-order valence-electron chi connectivity index (χ4n) is 2.28. The third kappa shape index (κ3) is 2.91. The highest BCUT2D eigenvalue weighted by atomic mass is 16.6. The molecule has 0 aliphatic heterocycles. The number of hydrogen-bond acceptors (Lipinski definition) is 5. The minimum absolute atomic E-state index is 0.0302. The molecule has 0 saturated carbocycles. The minimum atomic E-state index is -0.442. The molecule has 0 atom stereocenters. The Bertz CT molecular complexity index is 893. The van der Waals surface area contributed by atoms with Crippen LogP contribution in [0.2, 0.25) is 0 Å². The highest BCUT2D eigenvalue weighted by Crippen LogP contribution is 2.22. The van der Waals surface area contributed by atoms with Gasteiger partial charge in [0.15, 0.2) is 0 Å². The van der Waals surface area contributed by atoms with E-state index in [0.29, 0.717) is 12.1 Å². The largest absolute Gasteiger partial charge is 0.269 e. The lowest BCUT2D eigenvalue weighted by Crippen LogP contribution is -2.05. The molecule has 2 aromatic carbocycles. The van der Waals surface area contributed by atoms with Crippen LogP contribution in [0.1, 0.15) is 11.1 Å². The number of nitriles is 1. The van der Waals surface area contributed by atoms with E-state index in [1.54, 1.807) is 35.1 Å². The fraction of sp³-hybridized carbons (Fsp3) is 0.0625. The Balaban J connectivity index is 1.94. The van der Waals surface area contributed by atoms with E-state index in [2.05, 4.69) is 16.4 Å². The van der Waals surface area contributed by atoms with Gasteiger partial charge in [-0.3, -0.25) is 10.1 Å². The fourth-order valence-corrected chi connectivity index (χ4v) is 2.28. The van der Waals surface area contributed by atoms with Crippen molar-refractivity contribution < 1.29 is 4.92 Å². The van der Waals surface area contributed by atoms with Crippen LogP contribution in [0.3, 0.4) is 0 Å². The van der Waals surface area contributed by atoms with Crippen molar-refractivity contribution in [3.8, 4) is 17.3 Å². The Morgan fingerprint density at radius 2 is 1.91 bits per heavy atom. The quantitative estimate of drug-likeness (QED) is 0.545. The summed E-state index contributed by atoms with van der Waals surface area (Å²) in [5, 5.41) is 27.8. The van der Waals surface area contributed by atoms with Crippen LogP contribution >= 0.6 is 0 Å². The van der Waals surface area contributed by atoms with Crippen molar-refractivity contribution in [3.05, 3.63) is 76.0 Å². The van der Waals surface area contributed by atoms with Crippen molar-refractivity contribution in [1.29, 1.82) is 5.26 Å². The topological polar surface area (TPSA) is 97.6 Å². The normalized spacial score (nSPS) is 10.2. The predicted molar refractivity (Wildman–Crippen MR) is 82.4 cm³/mol. The molecule has 0 aliphatic carbocycles. The predicted octanol–water partition coefficient (Wildman–Crippen LogP) is 2.77. The van der Waals surface area contributed by atoms with Crippen molar-refractivity contribution in [2.45, 2.75) is 6.54 Å². The second kappa shape index (κ2) is 6.07. The van der Waals surface area contributed by atoms with Crippen LogP contribution < -0.4 is 0 Å². The van der Waals surface area contributed by atoms with Gasteiger partial charge in [0.2, 0.25) is 0 Å². The van der Waals surface area contributed by atoms with E-state index >= 15 is 0 Å². The van der Waals surface area contributed by atoms with Gasteiger partial charge in [0.05, 0.1) is 35.0 Å². The van der Waals surface area contributed by atoms with E-state index in [0.717, 1.165) is 16.8 Å². The summed E-state index contributed by atoms with van der Waals surface area (Å²) in [6, 6.07) is 15.6. The second-order valence-corrected chi connectivity index (χ2v) is 4.85. The number of rotatable bonds is 4. The number of nitro benzene ring substituents is 1. The summed E-state index contributed by atoms with van der Waals surface area (Å²) in [7, 11) is 0. The van der Waals surface area contributed by atoms with Gasteiger partial charge < -0.3 is 0 Å². The van der Waals surface area contributed by atoms with E-state index in [-0.39, 0.29) is 5.69 Å². The summed E-state index contributed by atoms with van der Waals surface area (Å²) in [5.74, 6) is 0. The molecule has 23 heavy (non-hydrogen) atoms. The van der Waals surface area contributed by atoms with Crippen LogP contribution in [0.4, 0.5) is 5.69 Å². The highest BCUT2D eigenvalue weighted by molar-refractivity contribution is 5.60. The van der Waals surface area contributed by atoms with Crippen LogP contribution in [-0.4, -0.2) is 19.9 Å². The highest BCUT2D eigenvalue weighted by Gasteiger charge is 2.11. The third-order valence-corrected chi connectivity index (χ3v) is 3.45. The van der Waals surface area contributed by atoms with Crippen molar-refractivity contribution in [2.75, 3.05) is 0 Å². The van der Waals surface area contributed by atoms with Gasteiger partial charge in [-0.15, -0.1) is 5.10 Å². The summed E-state index contributed by atoms with van der Waals surface area (Å²) in [4.78, 5) is 10.3. The molecule has 0 aliphatic rings. The van der Waals surface area contributed by atoms with Gasteiger partial charge in [0.1, 0.15) is 0 Å². The number of nitrogens with zero attached hydrogens (tertiary/aromatic N) is 5. The molecule has 7 nitrogen and oxygen atoms in total. The second-order valence-electron chi connectivity index (χ2n) is 4.85. The number of benzene rings is 2. The summed E-state index contributed by atoms with van der Waals surface area (Å²) in [5.41, 5.74) is 2.95. The molecule has 0 spiro atoms. The number of aromatic nitrogens is 3. The van der Waals surface area contributed by atoms with Gasteiger partial charge in [-0.05, 0) is 23.8 Å². The molecular weight excluding hydrogens is 294 g/mol. The smallest absolute Gasteiger partial charge is 0.258 e. The Hall–Kier alpha value is -3.53. The molecule has 0 amide bonds. The summed E-state index contributed by atoms with van der Waals surface area (Å²) < 4.78 is 1.66. The van der Waals surface area contributed by atoms with Crippen LogP contribution in [0, 0.1) is 21.4 Å². The average Bonchev–Trinajstić information content (AvgIpc) is 3.03. The van der Waals surface area contributed by atoms with Crippen LogP contribution in [-0.2, 0) is 6.54 Å². The monoisotopic (exact) mass is 305 g/mol. The SMILES string of the molecule is N#Cc1ccccc1Cn1nncc1-c1ccc([N+](=O)[O-])cc1. The van der Waals surface area contributed by atoms with Crippen LogP contribution in [0.15, 0.2) is 54.7 Å². The van der Waals surface area contributed by atoms with E-state index < -0.39 is 4.92 Å². The van der Waals surface area contributed by atoms with E-state index in [9.17, 15) is 10.1 Å². The Morgan fingerprint density at radius 3 is 2.61 bits per heavy atom. The molecule has 0 radical (unpaired) electrons. The maximum atomic E-state index is 10.7. The molecule has 3 aromatic rings. The van der Waals surface area contributed by atoms with Gasteiger partial charge >= 0.3 is 0 Å². The molecule has 0 saturated heterocycles. The Labute approximate surface area is 131 Å². The zero-order valence-corrected chi connectivity index (χ0v) is 12.0. The molecule has 0 N–H and O–H groups in total. The zero-order valence-electron chi connectivity index (χ0n) is 12.0. The lowest BCUT2D eigenvalue weighted by atomic mass is 10.1. The number of nitro groups is 1. The maximum Gasteiger partial charge on any atom is 0.269 e. The molecule has 7 heteroatoms. The van der Waals surface area contributed by atoms with Gasteiger partial charge in [-0.1, -0.05) is 23.4 Å². The van der Waals surface area contributed by atoms with Crippen molar-refractivity contribution >= 4 is 5.69 Å². The molecule has 0 fully saturated rings.